The molecule has 3 rings (SSSR count). The Bertz CT molecular complexity index is 382. The first-order valence-corrected chi connectivity index (χ1v) is 7.63. The summed E-state index contributed by atoms with van der Waals surface area (Å²) in [7, 11) is 0. The van der Waals surface area contributed by atoms with E-state index in [-0.39, 0.29) is 6.04 Å². The summed E-state index contributed by atoms with van der Waals surface area (Å²) in [5.41, 5.74) is 7.63. The molecule has 0 aromatic carbocycles. The lowest BCUT2D eigenvalue weighted by Crippen LogP contribution is -2.41. The van der Waals surface area contributed by atoms with Crippen molar-refractivity contribution < 1.29 is 0 Å². The summed E-state index contributed by atoms with van der Waals surface area (Å²) in [4.78, 5) is 6.78. The molecule has 104 valence electrons. The van der Waals surface area contributed by atoms with Gasteiger partial charge in [0.1, 0.15) is 0 Å². The predicted molar refractivity (Wildman–Crippen MR) is 77.6 cm³/mol. The highest BCUT2D eigenvalue weighted by Gasteiger charge is 2.34. The average Bonchev–Trinajstić information content (AvgIpc) is 3.26. The molecule has 2 fully saturated rings. The van der Waals surface area contributed by atoms with Crippen LogP contribution in [0.2, 0.25) is 0 Å². The molecule has 2 unspecified atom stereocenters. The molecular weight excluding hydrogens is 234 g/mol. The van der Waals surface area contributed by atoms with E-state index in [1.54, 1.807) is 0 Å². The Labute approximate surface area is 116 Å². The number of hydrogen-bond donors (Lipinski definition) is 1. The third kappa shape index (κ3) is 3.54. The minimum absolute atomic E-state index is 0.167. The molecule has 1 aromatic rings. The van der Waals surface area contributed by atoms with Crippen molar-refractivity contribution in [1.29, 1.82) is 0 Å². The van der Waals surface area contributed by atoms with Gasteiger partial charge in [0.15, 0.2) is 0 Å². The molecule has 0 spiro atoms. The molecule has 2 aliphatic carbocycles. The monoisotopic (exact) mass is 259 g/mol. The zero-order chi connectivity index (χ0) is 13.2. The van der Waals surface area contributed by atoms with Crippen molar-refractivity contribution in [2.45, 2.75) is 44.7 Å². The van der Waals surface area contributed by atoms with E-state index in [0.717, 1.165) is 11.8 Å². The van der Waals surface area contributed by atoms with Gasteiger partial charge in [-0.3, -0.25) is 9.88 Å². The third-order valence-electron chi connectivity index (χ3n) is 4.32. The lowest BCUT2D eigenvalue weighted by atomic mass is 9.99. The van der Waals surface area contributed by atoms with Gasteiger partial charge in [-0.15, -0.1) is 0 Å². The first-order valence-electron chi connectivity index (χ1n) is 7.63. The fourth-order valence-corrected chi connectivity index (χ4v) is 2.97. The molecule has 0 saturated heterocycles. The van der Waals surface area contributed by atoms with Crippen molar-refractivity contribution in [2.24, 2.45) is 17.6 Å². The van der Waals surface area contributed by atoms with E-state index < -0.39 is 0 Å². The molecule has 3 nitrogen and oxygen atoms in total. The standard InChI is InChI=1S/C16H25N3/c1-12(17)16(15-6-8-18-9-7-15)19(10-13-2-3-13)11-14-4-5-14/h6-9,12-14,16H,2-5,10-11,17H2,1H3. The normalized spacial score (nSPS) is 22.5. The van der Waals surface area contributed by atoms with Gasteiger partial charge in [0, 0.05) is 37.6 Å². The highest BCUT2D eigenvalue weighted by Crippen LogP contribution is 2.37. The number of nitrogens with zero attached hydrogens (tertiary/aromatic N) is 2. The maximum absolute atomic E-state index is 6.30. The summed E-state index contributed by atoms with van der Waals surface area (Å²) in [6.45, 7) is 4.59. The Balaban J connectivity index is 1.77. The lowest BCUT2D eigenvalue weighted by molar-refractivity contribution is 0.161. The maximum Gasteiger partial charge on any atom is 0.0497 e. The van der Waals surface area contributed by atoms with Gasteiger partial charge in [0.05, 0.1) is 0 Å². The summed E-state index contributed by atoms with van der Waals surface area (Å²) in [6, 6.07) is 4.77. The summed E-state index contributed by atoms with van der Waals surface area (Å²) < 4.78 is 0. The van der Waals surface area contributed by atoms with E-state index in [2.05, 4.69) is 28.9 Å². The van der Waals surface area contributed by atoms with Crippen LogP contribution in [0.5, 0.6) is 0 Å². The topological polar surface area (TPSA) is 42.1 Å². The van der Waals surface area contributed by atoms with Crippen LogP contribution in [0, 0.1) is 11.8 Å². The molecule has 2 saturated carbocycles. The van der Waals surface area contributed by atoms with Crippen LogP contribution in [-0.4, -0.2) is 29.0 Å². The van der Waals surface area contributed by atoms with Crippen LogP contribution in [0.4, 0.5) is 0 Å². The van der Waals surface area contributed by atoms with Gasteiger partial charge in [-0.1, -0.05) is 0 Å². The summed E-state index contributed by atoms with van der Waals surface area (Å²) in [5.74, 6) is 1.84. The Hall–Kier alpha value is -0.930. The van der Waals surface area contributed by atoms with Crippen LogP contribution in [-0.2, 0) is 0 Å². The molecule has 2 aliphatic rings. The molecule has 1 heterocycles. The van der Waals surface area contributed by atoms with Crippen LogP contribution in [0.15, 0.2) is 24.5 Å². The van der Waals surface area contributed by atoms with E-state index in [0.29, 0.717) is 6.04 Å². The molecule has 0 aliphatic heterocycles. The smallest absolute Gasteiger partial charge is 0.0497 e. The zero-order valence-corrected chi connectivity index (χ0v) is 11.8. The van der Waals surface area contributed by atoms with Gasteiger partial charge < -0.3 is 5.73 Å². The fourth-order valence-electron chi connectivity index (χ4n) is 2.97. The quantitative estimate of drug-likeness (QED) is 0.818. The summed E-state index contributed by atoms with van der Waals surface area (Å²) in [5, 5.41) is 0. The van der Waals surface area contributed by atoms with Gasteiger partial charge in [-0.2, -0.15) is 0 Å². The Morgan fingerprint density at radius 1 is 1.16 bits per heavy atom. The third-order valence-corrected chi connectivity index (χ3v) is 4.32. The van der Waals surface area contributed by atoms with E-state index in [1.807, 2.05) is 12.4 Å². The molecule has 0 bridgehead atoms. The molecule has 2 atom stereocenters. The Morgan fingerprint density at radius 3 is 2.11 bits per heavy atom. The van der Waals surface area contributed by atoms with Crippen LogP contribution < -0.4 is 5.73 Å². The molecular formula is C16H25N3. The van der Waals surface area contributed by atoms with E-state index in [1.165, 1.54) is 44.3 Å². The minimum Gasteiger partial charge on any atom is -0.326 e. The van der Waals surface area contributed by atoms with Crippen molar-refractivity contribution >= 4 is 0 Å². The molecule has 0 radical (unpaired) electrons. The second-order valence-electron chi connectivity index (χ2n) is 6.43. The minimum atomic E-state index is 0.167. The Morgan fingerprint density at radius 2 is 1.68 bits per heavy atom. The van der Waals surface area contributed by atoms with Crippen molar-refractivity contribution in [1.82, 2.24) is 9.88 Å². The van der Waals surface area contributed by atoms with E-state index in [4.69, 9.17) is 5.73 Å². The lowest BCUT2D eigenvalue weighted by Gasteiger charge is -2.35. The average molecular weight is 259 g/mol. The predicted octanol–water partition coefficient (Wildman–Crippen LogP) is 2.59. The molecule has 0 amide bonds. The SMILES string of the molecule is CC(N)C(c1ccncc1)N(CC1CC1)CC1CC1. The largest absolute Gasteiger partial charge is 0.326 e. The second-order valence-corrected chi connectivity index (χ2v) is 6.43. The van der Waals surface area contributed by atoms with Crippen LogP contribution in [0.25, 0.3) is 0 Å². The van der Waals surface area contributed by atoms with Gasteiger partial charge in [-0.25, -0.2) is 0 Å². The van der Waals surface area contributed by atoms with Crippen molar-refractivity contribution in [3.8, 4) is 0 Å². The van der Waals surface area contributed by atoms with Gasteiger partial charge >= 0.3 is 0 Å². The number of pyridine rings is 1. The highest BCUT2D eigenvalue weighted by atomic mass is 15.2. The number of nitrogens with two attached hydrogens (primary N) is 1. The first kappa shape index (κ1) is 13.1. The summed E-state index contributed by atoms with van der Waals surface area (Å²) in [6.07, 6.45) is 9.40. The van der Waals surface area contributed by atoms with E-state index >= 15 is 0 Å². The highest BCUT2D eigenvalue weighted by molar-refractivity contribution is 5.17. The van der Waals surface area contributed by atoms with Gasteiger partial charge in [-0.05, 0) is 62.1 Å². The van der Waals surface area contributed by atoms with Crippen LogP contribution >= 0.6 is 0 Å². The fraction of sp³-hybridized carbons (Fsp3) is 0.688. The zero-order valence-electron chi connectivity index (χ0n) is 11.8. The van der Waals surface area contributed by atoms with E-state index in [9.17, 15) is 0 Å². The van der Waals surface area contributed by atoms with Gasteiger partial charge in [0.25, 0.3) is 0 Å². The number of rotatable bonds is 7. The van der Waals surface area contributed by atoms with Crippen LogP contribution in [0.1, 0.15) is 44.2 Å². The second kappa shape index (κ2) is 5.59. The Kier molecular flexibility index (Phi) is 3.85. The van der Waals surface area contributed by atoms with Crippen molar-refractivity contribution in [3.05, 3.63) is 30.1 Å². The van der Waals surface area contributed by atoms with Crippen molar-refractivity contribution in [2.75, 3.05) is 13.1 Å². The molecule has 2 N–H and O–H groups in total. The van der Waals surface area contributed by atoms with Crippen molar-refractivity contribution in [3.63, 3.8) is 0 Å². The summed E-state index contributed by atoms with van der Waals surface area (Å²) >= 11 is 0. The number of aromatic nitrogens is 1. The molecule has 3 heteroatoms. The van der Waals surface area contributed by atoms with Gasteiger partial charge in [0.2, 0.25) is 0 Å². The molecule has 1 aromatic heterocycles. The number of hydrogen-bond acceptors (Lipinski definition) is 3. The molecule has 19 heavy (non-hydrogen) atoms. The first-order chi connectivity index (χ1) is 9.24. The van der Waals surface area contributed by atoms with Crippen LogP contribution in [0.3, 0.4) is 0 Å². The maximum atomic E-state index is 6.30.